The Kier molecular flexibility index (Phi) is 4.98. The van der Waals surface area contributed by atoms with Crippen LogP contribution in [0.1, 0.15) is 5.56 Å². The maximum absolute atomic E-state index is 12.2. The Morgan fingerprint density at radius 1 is 1.13 bits per heavy atom. The lowest BCUT2D eigenvalue weighted by atomic mass is 10.2. The van der Waals surface area contributed by atoms with Gasteiger partial charge in [-0.05, 0) is 29.8 Å². The molecule has 2 heterocycles. The summed E-state index contributed by atoms with van der Waals surface area (Å²) in [5, 5.41) is 3.63. The van der Waals surface area contributed by atoms with Crippen LogP contribution in [0, 0.1) is 0 Å². The fraction of sp³-hybridized carbons (Fsp3) is 0.294. The van der Waals surface area contributed by atoms with E-state index >= 15 is 0 Å². The summed E-state index contributed by atoms with van der Waals surface area (Å²) in [5.74, 6) is 0.964. The van der Waals surface area contributed by atoms with Crippen LogP contribution < -0.4 is 10.2 Å². The maximum Gasteiger partial charge on any atom is 0.317 e. The van der Waals surface area contributed by atoms with Gasteiger partial charge in [0.15, 0.2) is 0 Å². The van der Waals surface area contributed by atoms with Crippen LogP contribution in [0.2, 0.25) is 5.02 Å². The summed E-state index contributed by atoms with van der Waals surface area (Å²) in [7, 11) is 0. The number of nitrogens with one attached hydrogen (secondary N) is 1. The molecule has 0 radical (unpaired) electrons. The zero-order valence-corrected chi connectivity index (χ0v) is 13.5. The molecule has 1 aromatic carbocycles. The molecular weight excluding hydrogens is 312 g/mol. The first kappa shape index (κ1) is 15.6. The van der Waals surface area contributed by atoms with Crippen molar-refractivity contribution in [3.63, 3.8) is 0 Å². The van der Waals surface area contributed by atoms with Gasteiger partial charge in [0.25, 0.3) is 0 Å². The molecule has 5 nitrogen and oxygen atoms in total. The largest absolute Gasteiger partial charge is 0.353 e. The van der Waals surface area contributed by atoms with Crippen LogP contribution in [0.25, 0.3) is 0 Å². The molecule has 0 bridgehead atoms. The van der Waals surface area contributed by atoms with E-state index in [0.717, 1.165) is 24.5 Å². The van der Waals surface area contributed by atoms with Gasteiger partial charge in [-0.15, -0.1) is 0 Å². The number of halogens is 1. The van der Waals surface area contributed by atoms with Gasteiger partial charge in [0.2, 0.25) is 0 Å². The molecule has 1 saturated heterocycles. The van der Waals surface area contributed by atoms with Crippen molar-refractivity contribution in [2.24, 2.45) is 0 Å². The van der Waals surface area contributed by atoms with Gasteiger partial charge in [-0.3, -0.25) is 0 Å². The van der Waals surface area contributed by atoms with E-state index in [9.17, 15) is 4.79 Å². The number of hydrogen-bond acceptors (Lipinski definition) is 3. The molecule has 1 aliphatic rings. The zero-order chi connectivity index (χ0) is 16.1. The molecule has 0 saturated carbocycles. The van der Waals surface area contributed by atoms with E-state index in [4.69, 9.17) is 11.6 Å². The average Bonchev–Trinajstić information content (AvgIpc) is 2.61. The second-order valence-electron chi connectivity index (χ2n) is 5.45. The Balaban J connectivity index is 1.48. The topological polar surface area (TPSA) is 48.5 Å². The molecule has 2 aromatic rings. The standard InChI is InChI=1S/C17H19ClN4O/c18-15-5-3-4-14(12-15)13-20-17(23)22-10-8-21(9-11-22)16-6-1-2-7-19-16/h1-7,12H,8-11,13H2,(H,20,23). The highest BCUT2D eigenvalue weighted by atomic mass is 35.5. The second-order valence-corrected chi connectivity index (χ2v) is 5.89. The molecule has 1 fully saturated rings. The van der Waals surface area contributed by atoms with Crippen molar-refractivity contribution in [1.82, 2.24) is 15.2 Å². The number of benzene rings is 1. The molecule has 6 heteroatoms. The third-order valence-electron chi connectivity index (χ3n) is 3.87. The lowest BCUT2D eigenvalue weighted by Crippen LogP contribution is -2.51. The first-order valence-electron chi connectivity index (χ1n) is 7.65. The van der Waals surface area contributed by atoms with Crippen LogP contribution in [0.3, 0.4) is 0 Å². The van der Waals surface area contributed by atoms with Gasteiger partial charge < -0.3 is 15.1 Å². The highest BCUT2D eigenvalue weighted by molar-refractivity contribution is 6.30. The minimum Gasteiger partial charge on any atom is -0.353 e. The molecule has 1 aliphatic heterocycles. The predicted molar refractivity (Wildman–Crippen MR) is 91.7 cm³/mol. The number of urea groups is 1. The van der Waals surface area contributed by atoms with Crippen molar-refractivity contribution in [2.75, 3.05) is 31.1 Å². The van der Waals surface area contributed by atoms with Crippen LogP contribution in [0.5, 0.6) is 0 Å². The van der Waals surface area contributed by atoms with Gasteiger partial charge in [0, 0.05) is 43.9 Å². The van der Waals surface area contributed by atoms with Crippen molar-refractivity contribution < 1.29 is 4.79 Å². The van der Waals surface area contributed by atoms with Crippen molar-refractivity contribution in [1.29, 1.82) is 0 Å². The first-order chi connectivity index (χ1) is 11.2. The second kappa shape index (κ2) is 7.33. The Hall–Kier alpha value is -2.27. The zero-order valence-electron chi connectivity index (χ0n) is 12.8. The normalized spacial score (nSPS) is 14.7. The summed E-state index contributed by atoms with van der Waals surface area (Å²) in [4.78, 5) is 20.6. The lowest BCUT2D eigenvalue weighted by molar-refractivity contribution is 0.194. The number of amides is 2. The lowest BCUT2D eigenvalue weighted by Gasteiger charge is -2.35. The molecule has 3 rings (SSSR count). The highest BCUT2D eigenvalue weighted by Crippen LogP contribution is 2.13. The fourth-order valence-electron chi connectivity index (χ4n) is 2.62. The highest BCUT2D eigenvalue weighted by Gasteiger charge is 2.21. The number of nitrogens with zero attached hydrogens (tertiary/aromatic N) is 3. The number of carbonyl (C=O) groups excluding carboxylic acids is 1. The van der Waals surface area contributed by atoms with Gasteiger partial charge >= 0.3 is 6.03 Å². The van der Waals surface area contributed by atoms with E-state index in [-0.39, 0.29) is 6.03 Å². The van der Waals surface area contributed by atoms with Gasteiger partial charge in [-0.25, -0.2) is 9.78 Å². The minimum absolute atomic E-state index is 0.0364. The van der Waals surface area contributed by atoms with Crippen molar-refractivity contribution in [3.8, 4) is 0 Å². The molecule has 0 atom stereocenters. The molecule has 120 valence electrons. The van der Waals surface area contributed by atoms with E-state index in [2.05, 4.69) is 15.2 Å². The maximum atomic E-state index is 12.2. The average molecular weight is 331 g/mol. The van der Waals surface area contributed by atoms with Crippen LogP contribution in [0.15, 0.2) is 48.7 Å². The summed E-state index contributed by atoms with van der Waals surface area (Å²) in [5.41, 5.74) is 0.998. The third-order valence-corrected chi connectivity index (χ3v) is 4.11. The molecule has 1 N–H and O–H groups in total. The Morgan fingerprint density at radius 3 is 2.65 bits per heavy atom. The molecule has 0 unspecified atom stereocenters. The van der Waals surface area contributed by atoms with Crippen molar-refractivity contribution in [2.45, 2.75) is 6.54 Å². The van der Waals surface area contributed by atoms with Gasteiger partial charge in [0.1, 0.15) is 5.82 Å². The monoisotopic (exact) mass is 330 g/mol. The van der Waals surface area contributed by atoms with Gasteiger partial charge in [-0.2, -0.15) is 0 Å². The van der Waals surface area contributed by atoms with Crippen molar-refractivity contribution in [3.05, 3.63) is 59.2 Å². The Morgan fingerprint density at radius 2 is 1.96 bits per heavy atom. The number of piperazine rings is 1. The SMILES string of the molecule is O=C(NCc1cccc(Cl)c1)N1CCN(c2ccccn2)CC1. The molecule has 23 heavy (non-hydrogen) atoms. The molecule has 1 aromatic heterocycles. The number of rotatable bonds is 3. The van der Waals surface area contributed by atoms with Crippen LogP contribution >= 0.6 is 11.6 Å². The van der Waals surface area contributed by atoms with Crippen LogP contribution in [0.4, 0.5) is 10.6 Å². The van der Waals surface area contributed by atoms with Crippen molar-refractivity contribution >= 4 is 23.4 Å². The fourth-order valence-corrected chi connectivity index (χ4v) is 2.83. The third kappa shape index (κ3) is 4.13. The summed E-state index contributed by atoms with van der Waals surface area (Å²) >= 11 is 5.95. The summed E-state index contributed by atoms with van der Waals surface area (Å²) in [6.45, 7) is 3.46. The molecule has 0 spiro atoms. The summed E-state index contributed by atoms with van der Waals surface area (Å²) in [6.07, 6.45) is 1.79. The van der Waals surface area contributed by atoms with E-state index in [1.165, 1.54) is 0 Å². The van der Waals surface area contributed by atoms with E-state index in [1.807, 2.05) is 47.4 Å². The first-order valence-corrected chi connectivity index (χ1v) is 8.03. The number of pyridine rings is 1. The van der Waals surface area contributed by atoms with Crippen LogP contribution in [-0.4, -0.2) is 42.1 Å². The quantitative estimate of drug-likeness (QED) is 0.941. The number of anilines is 1. The van der Waals surface area contributed by atoms with E-state index < -0.39 is 0 Å². The van der Waals surface area contributed by atoms with E-state index in [1.54, 1.807) is 6.20 Å². The number of hydrogen-bond donors (Lipinski definition) is 1. The smallest absolute Gasteiger partial charge is 0.317 e. The Bertz CT molecular complexity index is 657. The minimum atomic E-state index is -0.0364. The number of aromatic nitrogens is 1. The molecule has 2 amide bonds. The van der Waals surface area contributed by atoms with Crippen LogP contribution in [-0.2, 0) is 6.54 Å². The van der Waals surface area contributed by atoms with Gasteiger partial charge in [-0.1, -0.05) is 29.8 Å². The predicted octanol–water partition coefficient (Wildman–Crippen LogP) is 2.77. The Labute approximate surface area is 140 Å². The summed E-state index contributed by atoms with van der Waals surface area (Å²) in [6, 6.07) is 13.4. The van der Waals surface area contributed by atoms with Gasteiger partial charge in [0.05, 0.1) is 0 Å². The number of carbonyl (C=O) groups is 1. The van der Waals surface area contributed by atoms with E-state index in [0.29, 0.717) is 24.7 Å². The summed E-state index contributed by atoms with van der Waals surface area (Å²) < 4.78 is 0. The molecular formula is C17H19ClN4O. The molecule has 0 aliphatic carbocycles.